The summed E-state index contributed by atoms with van der Waals surface area (Å²) in [6.45, 7) is 0. The molecule has 0 aliphatic rings. The van der Waals surface area contributed by atoms with Crippen LogP contribution in [0.15, 0.2) is 11.0 Å². The van der Waals surface area contributed by atoms with Crippen molar-refractivity contribution in [2.45, 2.75) is 4.90 Å². The van der Waals surface area contributed by atoms with Gasteiger partial charge in [0.15, 0.2) is 0 Å². The van der Waals surface area contributed by atoms with Gasteiger partial charge in [-0.3, -0.25) is 0 Å². The second-order valence-corrected chi connectivity index (χ2v) is 3.83. The molecule has 0 spiro atoms. The first-order valence-electron chi connectivity index (χ1n) is 2.56. The molecule has 0 unspecified atom stereocenters. The molecule has 60 valence electrons. The molecule has 0 N–H and O–H groups in total. The Labute approximate surface area is 118 Å². The molecule has 0 amide bonds. The van der Waals surface area contributed by atoms with E-state index < -0.39 is 0 Å². The van der Waals surface area contributed by atoms with E-state index in [2.05, 4.69) is 12.6 Å². The summed E-state index contributed by atoms with van der Waals surface area (Å²) in [4.78, 5) is 0.447. The van der Waals surface area contributed by atoms with E-state index in [1.165, 1.54) is 6.07 Å². The Balaban J connectivity index is 0.00000121. The molecular formula is C6H2Cl4NaS+. The minimum atomic E-state index is 0. The third-order valence-corrected chi connectivity index (χ3v) is 3.38. The predicted octanol–water partition coefficient (Wildman–Crippen LogP) is 1.59. The van der Waals surface area contributed by atoms with Gasteiger partial charge in [-0.1, -0.05) is 46.4 Å². The summed E-state index contributed by atoms with van der Waals surface area (Å²) in [6, 6.07) is 1.50. The molecule has 0 aromatic heterocycles. The van der Waals surface area contributed by atoms with Crippen LogP contribution < -0.4 is 29.6 Å². The third-order valence-electron chi connectivity index (χ3n) is 1.09. The van der Waals surface area contributed by atoms with Crippen molar-refractivity contribution in [1.82, 2.24) is 0 Å². The van der Waals surface area contributed by atoms with Crippen LogP contribution in [-0.2, 0) is 0 Å². The van der Waals surface area contributed by atoms with E-state index >= 15 is 0 Å². The summed E-state index contributed by atoms with van der Waals surface area (Å²) in [6.07, 6.45) is 0. The maximum absolute atomic E-state index is 5.71. The van der Waals surface area contributed by atoms with Crippen molar-refractivity contribution in [2.75, 3.05) is 0 Å². The molecule has 0 nitrogen and oxygen atoms in total. The maximum atomic E-state index is 5.71. The predicted molar refractivity (Wildman–Crippen MR) is 53.7 cm³/mol. The summed E-state index contributed by atoms with van der Waals surface area (Å²) in [5, 5.41) is 1.29. The molecule has 6 heteroatoms. The fraction of sp³-hybridized carbons (Fsp3) is 0. The van der Waals surface area contributed by atoms with Gasteiger partial charge in [0, 0.05) is 4.90 Å². The molecule has 1 aromatic carbocycles. The van der Waals surface area contributed by atoms with Crippen LogP contribution >= 0.6 is 59.0 Å². The zero-order valence-electron chi connectivity index (χ0n) is 6.04. The molecule has 0 radical (unpaired) electrons. The molecule has 0 atom stereocenters. The van der Waals surface area contributed by atoms with Crippen molar-refractivity contribution in [3.8, 4) is 0 Å². The summed E-state index contributed by atoms with van der Waals surface area (Å²) in [5.74, 6) is 0. The fourth-order valence-electron chi connectivity index (χ4n) is 0.557. The van der Waals surface area contributed by atoms with Crippen molar-refractivity contribution in [2.24, 2.45) is 0 Å². The first kappa shape index (κ1) is 13.7. The van der Waals surface area contributed by atoms with Gasteiger partial charge in [-0.15, -0.1) is 12.6 Å². The largest absolute Gasteiger partial charge is 1.00 e. The molecule has 0 saturated carbocycles. The van der Waals surface area contributed by atoms with Crippen molar-refractivity contribution in [3.63, 3.8) is 0 Å². The summed E-state index contributed by atoms with van der Waals surface area (Å²) >= 11 is 26.8. The molecule has 0 fully saturated rings. The number of halogens is 4. The molecule has 12 heavy (non-hydrogen) atoms. The van der Waals surface area contributed by atoms with Gasteiger partial charge in [0.1, 0.15) is 0 Å². The first-order chi connectivity index (χ1) is 5.04. The van der Waals surface area contributed by atoms with Gasteiger partial charge in [-0.05, 0) is 6.07 Å². The average Bonchev–Trinajstić information content (AvgIpc) is 1.97. The smallest absolute Gasteiger partial charge is 0.140 e. The van der Waals surface area contributed by atoms with E-state index in [9.17, 15) is 0 Å². The normalized spacial score (nSPS) is 9.42. The average molecular weight is 271 g/mol. The van der Waals surface area contributed by atoms with E-state index in [-0.39, 0.29) is 39.6 Å². The van der Waals surface area contributed by atoms with E-state index in [0.29, 0.717) is 14.9 Å². The topological polar surface area (TPSA) is 0 Å². The van der Waals surface area contributed by atoms with Gasteiger partial charge in [0.25, 0.3) is 0 Å². The van der Waals surface area contributed by atoms with Crippen molar-refractivity contribution in [1.29, 1.82) is 0 Å². The van der Waals surface area contributed by atoms with Crippen LogP contribution in [0.4, 0.5) is 0 Å². The van der Waals surface area contributed by atoms with Gasteiger partial charge in [0.05, 0.1) is 20.1 Å². The van der Waals surface area contributed by atoms with Gasteiger partial charge in [-0.2, -0.15) is 0 Å². The zero-order valence-corrected chi connectivity index (χ0v) is 12.0. The van der Waals surface area contributed by atoms with E-state index in [0.717, 1.165) is 0 Å². The monoisotopic (exact) mass is 269 g/mol. The van der Waals surface area contributed by atoms with Crippen molar-refractivity contribution < 1.29 is 29.6 Å². The van der Waals surface area contributed by atoms with Crippen LogP contribution in [0.25, 0.3) is 0 Å². The van der Waals surface area contributed by atoms with Crippen LogP contribution in [0.5, 0.6) is 0 Å². The maximum Gasteiger partial charge on any atom is 1.00 e. The standard InChI is InChI=1S/C6H2Cl4S.Na/c7-2-1-3(8)6(11)5(10)4(2)9;/h1,11H;/q;+1. The molecule has 0 saturated heterocycles. The molecule has 1 aromatic rings. The Morgan fingerprint density at radius 1 is 0.917 bits per heavy atom. The van der Waals surface area contributed by atoms with Crippen LogP contribution in [0.1, 0.15) is 0 Å². The summed E-state index contributed by atoms with van der Waals surface area (Å²) < 4.78 is 0. The van der Waals surface area contributed by atoms with Gasteiger partial charge in [-0.25, -0.2) is 0 Å². The van der Waals surface area contributed by atoms with Crippen LogP contribution in [0.3, 0.4) is 0 Å². The Hall–Kier alpha value is 1.73. The summed E-state index contributed by atoms with van der Waals surface area (Å²) in [5.41, 5.74) is 0. The molecule has 0 bridgehead atoms. The molecule has 0 aliphatic carbocycles. The minimum absolute atomic E-state index is 0. The Morgan fingerprint density at radius 3 is 1.92 bits per heavy atom. The number of hydrogen-bond acceptors (Lipinski definition) is 1. The number of rotatable bonds is 0. The zero-order chi connectivity index (χ0) is 8.59. The molecular weight excluding hydrogens is 269 g/mol. The van der Waals surface area contributed by atoms with Crippen molar-refractivity contribution >= 4 is 59.0 Å². The van der Waals surface area contributed by atoms with Crippen LogP contribution in [0.2, 0.25) is 20.1 Å². The van der Waals surface area contributed by atoms with Crippen LogP contribution in [0, 0.1) is 0 Å². The first-order valence-corrected chi connectivity index (χ1v) is 4.52. The fourth-order valence-corrected chi connectivity index (χ4v) is 1.71. The number of hydrogen-bond donors (Lipinski definition) is 1. The van der Waals surface area contributed by atoms with Crippen molar-refractivity contribution in [3.05, 3.63) is 26.2 Å². The van der Waals surface area contributed by atoms with E-state index in [1.807, 2.05) is 0 Å². The van der Waals surface area contributed by atoms with Gasteiger partial charge >= 0.3 is 29.6 Å². The van der Waals surface area contributed by atoms with Crippen LogP contribution in [-0.4, -0.2) is 0 Å². The van der Waals surface area contributed by atoms with E-state index in [1.54, 1.807) is 0 Å². The molecule has 0 heterocycles. The molecule has 1 rings (SSSR count). The second kappa shape index (κ2) is 5.57. The van der Waals surface area contributed by atoms with Gasteiger partial charge < -0.3 is 0 Å². The Morgan fingerprint density at radius 2 is 1.42 bits per heavy atom. The Kier molecular flexibility index (Phi) is 6.38. The third kappa shape index (κ3) is 2.86. The number of thiol groups is 1. The van der Waals surface area contributed by atoms with E-state index in [4.69, 9.17) is 46.4 Å². The van der Waals surface area contributed by atoms with Gasteiger partial charge in [0.2, 0.25) is 0 Å². The minimum Gasteiger partial charge on any atom is -0.140 e. The quantitative estimate of drug-likeness (QED) is 0.315. The molecule has 0 aliphatic heterocycles. The Bertz CT molecular complexity index is 276. The summed E-state index contributed by atoms with van der Waals surface area (Å²) in [7, 11) is 0. The second-order valence-electron chi connectivity index (χ2n) is 1.82. The number of benzene rings is 1. The SMILES string of the molecule is Sc1c(Cl)cc(Cl)c(Cl)c1Cl.[Na+].